The molecule has 7 heteroatoms. The maximum absolute atomic E-state index is 13.2. The lowest BCUT2D eigenvalue weighted by Crippen LogP contribution is -2.31. The molecule has 4 rings (SSSR count). The number of nitrogens with zero attached hydrogens (tertiary/aromatic N) is 3. The van der Waals surface area contributed by atoms with Crippen molar-refractivity contribution in [3.8, 4) is 5.75 Å². The van der Waals surface area contributed by atoms with Crippen molar-refractivity contribution < 1.29 is 9.90 Å². The fourth-order valence-corrected chi connectivity index (χ4v) is 3.29. The quantitative estimate of drug-likeness (QED) is 0.666. The summed E-state index contributed by atoms with van der Waals surface area (Å²) >= 11 is 0. The van der Waals surface area contributed by atoms with Gasteiger partial charge in [0.05, 0.1) is 5.57 Å². The number of nitrogens with one attached hydrogen (secondary N) is 2. The number of hydrogen-bond acceptors (Lipinski definition) is 5. The summed E-state index contributed by atoms with van der Waals surface area (Å²) in [5.41, 5.74) is 3.68. The van der Waals surface area contributed by atoms with Crippen molar-refractivity contribution in [2.24, 2.45) is 0 Å². The maximum Gasteiger partial charge on any atom is 0.255 e. The number of carbonyl (C=O) groups is 1. The number of anilines is 2. The van der Waals surface area contributed by atoms with E-state index in [0.29, 0.717) is 17.2 Å². The number of allylic oxidation sites excluding steroid dienone is 1. The molecule has 0 saturated carbocycles. The van der Waals surface area contributed by atoms with Crippen LogP contribution in [0.1, 0.15) is 24.1 Å². The highest BCUT2D eigenvalue weighted by molar-refractivity contribution is 6.06. The van der Waals surface area contributed by atoms with E-state index in [9.17, 15) is 9.90 Å². The SMILES string of the molecule is CC1=C(C(=O)Nc2ccccc2C)[C@@H](c2cccc(O)c2)n2ncnc2N1. The first-order valence-electron chi connectivity index (χ1n) is 8.58. The first-order chi connectivity index (χ1) is 13.0. The summed E-state index contributed by atoms with van der Waals surface area (Å²) in [5, 5.41) is 20.3. The zero-order valence-corrected chi connectivity index (χ0v) is 15.0. The minimum atomic E-state index is -0.500. The molecule has 0 fully saturated rings. The largest absolute Gasteiger partial charge is 0.508 e. The van der Waals surface area contributed by atoms with Gasteiger partial charge in [-0.1, -0.05) is 30.3 Å². The van der Waals surface area contributed by atoms with Gasteiger partial charge in [0.2, 0.25) is 5.95 Å². The molecule has 0 bridgehead atoms. The Morgan fingerprint density at radius 2 is 2.00 bits per heavy atom. The van der Waals surface area contributed by atoms with E-state index in [2.05, 4.69) is 20.7 Å². The average molecular weight is 361 g/mol. The number of fused-ring (bicyclic) bond motifs is 1. The molecule has 1 amide bonds. The minimum Gasteiger partial charge on any atom is -0.508 e. The summed E-state index contributed by atoms with van der Waals surface area (Å²) in [7, 11) is 0. The Hall–Kier alpha value is -3.61. The van der Waals surface area contributed by atoms with Crippen molar-refractivity contribution >= 4 is 17.5 Å². The lowest BCUT2D eigenvalue weighted by atomic mass is 9.94. The molecule has 0 unspecified atom stereocenters. The summed E-state index contributed by atoms with van der Waals surface area (Å²) < 4.78 is 1.65. The fraction of sp³-hybridized carbons (Fsp3) is 0.150. The number of rotatable bonds is 3. The highest BCUT2D eigenvalue weighted by atomic mass is 16.3. The van der Waals surface area contributed by atoms with Gasteiger partial charge in [0.15, 0.2) is 0 Å². The molecule has 1 aliphatic rings. The van der Waals surface area contributed by atoms with E-state index >= 15 is 0 Å². The molecule has 136 valence electrons. The maximum atomic E-state index is 13.2. The van der Waals surface area contributed by atoms with Crippen LogP contribution in [0.4, 0.5) is 11.6 Å². The zero-order chi connectivity index (χ0) is 19.0. The molecule has 0 aliphatic carbocycles. The van der Waals surface area contributed by atoms with Crippen LogP contribution in [0, 0.1) is 6.92 Å². The van der Waals surface area contributed by atoms with Crippen LogP contribution < -0.4 is 10.6 Å². The first kappa shape index (κ1) is 16.8. The van der Waals surface area contributed by atoms with Crippen molar-refractivity contribution in [3.05, 3.63) is 77.3 Å². The van der Waals surface area contributed by atoms with Crippen LogP contribution in [0.2, 0.25) is 0 Å². The van der Waals surface area contributed by atoms with E-state index in [1.54, 1.807) is 22.9 Å². The van der Waals surface area contributed by atoms with E-state index in [1.165, 1.54) is 6.33 Å². The molecule has 7 nitrogen and oxygen atoms in total. The van der Waals surface area contributed by atoms with E-state index in [-0.39, 0.29) is 11.7 Å². The zero-order valence-electron chi connectivity index (χ0n) is 15.0. The number of phenolic OH excluding ortho intramolecular Hbond substituents is 1. The second-order valence-corrected chi connectivity index (χ2v) is 6.46. The highest BCUT2D eigenvalue weighted by Gasteiger charge is 2.33. The van der Waals surface area contributed by atoms with Gasteiger partial charge in [-0.15, -0.1) is 0 Å². The standard InChI is InChI=1S/C20H19N5O2/c1-12-6-3-4-9-16(12)24-19(27)17-13(2)23-20-21-11-22-25(20)18(17)14-7-5-8-15(26)10-14/h3-11,18,26H,1-2H3,(H,24,27)(H,21,22,23)/t18-/m1/s1. The molecule has 0 radical (unpaired) electrons. The third-order valence-electron chi connectivity index (χ3n) is 4.62. The van der Waals surface area contributed by atoms with Crippen molar-refractivity contribution in [3.63, 3.8) is 0 Å². The summed E-state index contributed by atoms with van der Waals surface area (Å²) in [4.78, 5) is 17.4. The van der Waals surface area contributed by atoms with Crippen LogP contribution in [0.25, 0.3) is 0 Å². The Labute approximate surface area is 156 Å². The molecule has 2 aromatic carbocycles. The normalized spacial score (nSPS) is 15.9. The van der Waals surface area contributed by atoms with Gasteiger partial charge in [-0.3, -0.25) is 4.79 Å². The first-order valence-corrected chi connectivity index (χ1v) is 8.58. The van der Waals surface area contributed by atoms with E-state index in [1.807, 2.05) is 44.2 Å². The number of phenols is 1. The van der Waals surface area contributed by atoms with E-state index in [0.717, 1.165) is 16.8 Å². The van der Waals surface area contributed by atoms with Gasteiger partial charge < -0.3 is 15.7 Å². The van der Waals surface area contributed by atoms with Crippen LogP contribution >= 0.6 is 0 Å². The number of aromatic hydroxyl groups is 1. The van der Waals surface area contributed by atoms with Gasteiger partial charge >= 0.3 is 0 Å². The second kappa shape index (κ2) is 6.60. The van der Waals surface area contributed by atoms with Gasteiger partial charge in [-0.2, -0.15) is 10.1 Å². The molecule has 3 aromatic rings. The Morgan fingerprint density at radius 1 is 1.19 bits per heavy atom. The van der Waals surface area contributed by atoms with Crippen molar-refractivity contribution in [2.45, 2.75) is 19.9 Å². The molecule has 27 heavy (non-hydrogen) atoms. The minimum absolute atomic E-state index is 0.129. The summed E-state index contributed by atoms with van der Waals surface area (Å²) in [6.07, 6.45) is 1.44. The predicted octanol–water partition coefficient (Wildman–Crippen LogP) is 3.22. The topological polar surface area (TPSA) is 92.1 Å². The van der Waals surface area contributed by atoms with Crippen LogP contribution in [-0.4, -0.2) is 25.8 Å². The van der Waals surface area contributed by atoms with Gasteiger partial charge in [0.25, 0.3) is 5.91 Å². The summed E-state index contributed by atoms with van der Waals surface area (Å²) in [5.74, 6) is 0.445. The van der Waals surface area contributed by atoms with Crippen molar-refractivity contribution in [1.29, 1.82) is 0 Å². The average Bonchev–Trinajstić information content (AvgIpc) is 3.10. The molecule has 2 heterocycles. The fourth-order valence-electron chi connectivity index (χ4n) is 3.29. The Balaban J connectivity index is 1.79. The number of aromatic nitrogens is 3. The number of carbonyl (C=O) groups excluding carboxylic acids is 1. The molecule has 0 spiro atoms. The predicted molar refractivity (Wildman–Crippen MR) is 102 cm³/mol. The van der Waals surface area contributed by atoms with Crippen LogP contribution in [0.15, 0.2) is 66.1 Å². The molecule has 1 aliphatic heterocycles. The number of hydrogen-bond donors (Lipinski definition) is 3. The number of para-hydroxylation sites is 1. The van der Waals surface area contributed by atoms with Crippen LogP contribution in [-0.2, 0) is 4.79 Å². The van der Waals surface area contributed by atoms with E-state index < -0.39 is 6.04 Å². The van der Waals surface area contributed by atoms with Gasteiger partial charge in [0, 0.05) is 11.4 Å². The number of benzene rings is 2. The Morgan fingerprint density at radius 3 is 2.78 bits per heavy atom. The highest BCUT2D eigenvalue weighted by Crippen LogP contribution is 2.36. The molecule has 1 aromatic heterocycles. The second-order valence-electron chi connectivity index (χ2n) is 6.46. The Bertz CT molecular complexity index is 1050. The molecular weight excluding hydrogens is 342 g/mol. The van der Waals surface area contributed by atoms with E-state index in [4.69, 9.17) is 0 Å². The van der Waals surface area contributed by atoms with Gasteiger partial charge in [-0.25, -0.2) is 4.68 Å². The number of aryl methyl sites for hydroxylation is 1. The monoisotopic (exact) mass is 361 g/mol. The lowest BCUT2D eigenvalue weighted by molar-refractivity contribution is -0.113. The van der Waals surface area contributed by atoms with Crippen LogP contribution in [0.5, 0.6) is 5.75 Å². The van der Waals surface area contributed by atoms with Gasteiger partial charge in [0.1, 0.15) is 18.1 Å². The molecule has 3 N–H and O–H groups in total. The van der Waals surface area contributed by atoms with Crippen molar-refractivity contribution in [1.82, 2.24) is 14.8 Å². The summed E-state index contributed by atoms with van der Waals surface area (Å²) in [6.45, 7) is 3.78. The molecular formula is C20H19N5O2. The molecule has 1 atom stereocenters. The van der Waals surface area contributed by atoms with Crippen molar-refractivity contribution in [2.75, 3.05) is 10.6 Å². The lowest BCUT2D eigenvalue weighted by Gasteiger charge is -2.29. The Kier molecular flexibility index (Phi) is 4.12. The summed E-state index contributed by atoms with van der Waals surface area (Å²) in [6, 6.07) is 13.9. The third kappa shape index (κ3) is 3.03. The smallest absolute Gasteiger partial charge is 0.255 e. The molecule has 0 saturated heterocycles. The van der Waals surface area contributed by atoms with Gasteiger partial charge in [-0.05, 0) is 43.2 Å². The number of amides is 1. The third-order valence-corrected chi connectivity index (χ3v) is 4.62. The van der Waals surface area contributed by atoms with Crippen LogP contribution in [0.3, 0.4) is 0 Å².